The molecule has 204 valence electrons. The van der Waals surface area contributed by atoms with Gasteiger partial charge in [0.05, 0.1) is 0 Å². The lowest BCUT2D eigenvalue weighted by Gasteiger charge is -2.02. The van der Waals surface area contributed by atoms with Crippen LogP contribution in [-0.4, -0.2) is 5.48 Å². The second-order valence-corrected chi connectivity index (χ2v) is 9.18. The third kappa shape index (κ3) is 25.7. The van der Waals surface area contributed by atoms with E-state index in [9.17, 15) is 0 Å². The van der Waals surface area contributed by atoms with Crippen LogP contribution in [0.1, 0.15) is 117 Å². The summed E-state index contributed by atoms with van der Waals surface area (Å²) in [6.07, 6.45) is 31.2. The first-order chi connectivity index (χ1) is 15.9. The van der Waals surface area contributed by atoms with Gasteiger partial charge in [0.2, 0.25) is 0 Å². The van der Waals surface area contributed by atoms with E-state index in [0.29, 0.717) is 0 Å². The first-order valence-corrected chi connectivity index (χ1v) is 13.7. The first kappa shape index (κ1) is 38.4. The zero-order chi connectivity index (χ0) is 23.0. The highest BCUT2D eigenvalue weighted by molar-refractivity contribution is 5.85. The Kier molecular flexibility index (Phi) is 33.8. The molecule has 35 heavy (non-hydrogen) atoms. The predicted octanol–water partition coefficient (Wildman–Crippen LogP) is 4.83. The molecule has 0 aromatic carbocycles. The molecule has 0 bridgehead atoms. The first-order valence-electron chi connectivity index (χ1n) is 13.7. The maximum atomic E-state index is 2.29. The molecule has 0 aliphatic rings. The Morgan fingerprint density at radius 3 is 1.03 bits per heavy atom. The Bertz CT molecular complexity index is 614. The van der Waals surface area contributed by atoms with Crippen molar-refractivity contribution in [3.05, 3.63) is 61.2 Å². The Hall–Kier alpha value is -1.16. The molecular weight excluding hydrogens is 475 g/mol. The van der Waals surface area contributed by atoms with Gasteiger partial charge in [0.1, 0.15) is 13.1 Å². The second kappa shape index (κ2) is 30.9. The van der Waals surface area contributed by atoms with E-state index in [2.05, 4.69) is 78.1 Å². The van der Waals surface area contributed by atoms with Crippen LogP contribution in [0.2, 0.25) is 0 Å². The number of hydrogen-bond donors (Lipinski definition) is 0. The molecule has 0 saturated carbocycles. The summed E-state index contributed by atoms with van der Waals surface area (Å²) in [6.45, 7) is 6.83. The molecule has 0 atom stereocenters. The minimum absolute atomic E-state index is 0. The highest BCUT2D eigenvalue weighted by Crippen LogP contribution is 2.12. The van der Waals surface area contributed by atoms with Crippen molar-refractivity contribution in [1.29, 1.82) is 0 Å². The highest BCUT2D eigenvalue weighted by Gasteiger charge is 1.98. The fourth-order valence-electron chi connectivity index (χ4n) is 4.00. The minimum Gasteiger partial charge on any atom is -1.00 e. The van der Waals surface area contributed by atoms with Crippen molar-refractivity contribution in [3.63, 3.8) is 0 Å². The lowest BCUT2D eigenvalue weighted by Crippen LogP contribution is -3.00. The molecule has 2 rings (SSSR count). The monoisotopic (exact) mass is 529 g/mol. The van der Waals surface area contributed by atoms with Gasteiger partial charge in [0.25, 0.3) is 0 Å². The molecule has 2 aromatic heterocycles. The maximum Gasteiger partial charge on any atom is 0.168 e. The van der Waals surface area contributed by atoms with Gasteiger partial charge in [0, 0.05) is 37.1 Å². The van der Waals surface area contributed by atoms with Crippen molar-refractivity contribution in [1.82, 2.24) is 0 Å². The van der Waals surface area contributed by atoms with Gasteiger partial charge in [-0.15, -0.1) is 12.4 Å². The molecule has 0 aliphatic heterocycles. The molecule has 0 fully saturated rings. The van der Waals surface area contributed by atoms with Gasteiger partial charge >= 0.3 is 0 Å². The number of hydrogen-bond acceptors (Lipinski definition) is 0. The Morgan fingerprint density at radius 2 is 0.686 bits per heavy atom. The van der Waals surface area contributed by atoms with Crippen LogP contribution in [-0.2, 0) is 13.1 Å². The summed E-state index contributed by atoms with van der Waals surface area (Å²) in [5.41, 5.74) is 0. The van der Waals surface area contributed by atoms with Gasteiger partial charge in [-0.05, 0) is 6.42 Å². The van der Waals surface area contributed by atoms with Crippen molar-refractivity contribution in [2.75, 3.05) is 0 Å². The van der Waals surface area contributed by atoms with Crippen LogP contribution in [0.5, 0.6) is 0 Å². The van der Waals surface area contributed by atoms with Crippen molar-refractivity contribution < 1.29 is 27.0 Å². The summed E-state index contributed by atoms with van der Waals surface area (Å²) < 4.78 is 4.50. The van der Waals surface area contributed by atoms with Crippen molar-refractivity contribution in [3.8, 4) is 0 Å². The minimum atomic E-state index is 0. The number of unbranched alkanes of at least 4 members (excludes halogenated alkanes) is 14. The van der Waals surface area contributed by atoms with E-state index in [1.54, 1.807) is 0 Å². The smallest absolute Gasteiger partial charge is 0.168 e. The summed E-state index contributed by atoms with van der Waals surface area (Å²) in [6, 6.07) is 12.5. The molecule has 5 heteroatoms. The zero-order valence-corrected chi connectivity index (χ0v) is 24.3. The second-order valence-electron chi connectivity index (χ2n) is 9.18. The van der Waals surface area contributed by atoms with Gasteiger partial charge in [0.15, 0.2) is 24.8 Å². The van der Waals surface area contributed by atoms with E-state index >= 15 is 0 Å². The Morgan fingerprint density at radius 1 is 0.400 bits per heavy atom. The number of pyridine rings is 2. The van der Waals surface area contributed by atoms with Gasteiger partial charge in [-0.3, -0.25) is 0 Å². The summed E-state index contributed by atoms with van der Waals surface area (Å²) in [4.78, 5) is 0. The SMILES string of the molecule is CCCCCCCCCCCCCCCC[n+]1ccccc1.CCCC[n+]1ccccc1.Cl.O.[Cl-]. The van der Waals surface area contributed by atoms with Crippen LogP contribution in [0.4, 0.5) is 0 Å². The van der Waals surface area contributed by atoms with E-state index in [0.717, 1.165) is 6.54 Å². The van der Waals surface area contributed by atoms with Crippen LogP contribution < -0.4 is 21.5 Å². The molecule has 0 spiro atoms. The van der Waals surface area contributed by atoms with E-state index in [1.165, 1.54) is 109 Å². The fourth-order valence-corrected chi connectivity index (χ4v) is 4.00. The maximum absolute atomic E-state index is 2.29. The van der Waals surface area contributed by atoms with E-state index < -0.39 is 0 Å². The van der Waals surface area contributed by atoms with Gasteiger partial charge < -0.3 is 17.9 Å². The normalized spacial score (nSPS) is 9.66. The number of rotatable bonds is 18. The average molecular weight is 531 g/mol. The number of aryl methyl sites for hydroxylation is 2. The lowest BCUT2D eigenvalue weighted by molar-refractivity contribution is -0.697. The number of nitrogens with zero attached hydrogens (tertiary/aromatic N) is 2. The zero-order valence-electron chi connectivity index (χ0n) is 22.7. The molecule has 2 aromatic rings. The third-order valence-electron chi connectivity index (χ3n) is 6.09. The molecular formula is C30H55Cl2N2O+. The molecule has 2 heterocycles. The summed E-state index contributed by atoms with van der Waals surface area (Å²) >= 11 is 0. The molecule has 3 nitrogen and oxygen atoms in total. The van der Waals surface area contributed by atoms with E-state index in [-0.39, 0.29) is 30.3 Å². The van der Waals surface area contributed by atoms with E-state index in [1.807, 2.05) is 6.07 Å². The molecule has 0 unspecified atom stereocenters. The summed E-state index contributed by atoms with van der Waals surface area (Å²) in [5, 5.41) is 0. The Labute approximate surface area is 229 Å². The molecule has 0 amide bonds. The fraction of sp³-hybridized carbons (Fsp3) is 0.667. The third-order valence-corrected chi connectivity index (χ3v) is 6.09. The highest BCUT2D eigenvalue weighted by atomic mass is 35.5. The lowest BCUT2D eigenvalue weighted by atomic mass is 10.0. The topological polar surface area (TPSA) is 39.3 Å². The molecule has 2 N–H and O–H groups in total. The van der Waals surface area contributed by atoms with Crippen LogP contribution in [0, 0.1) is 0 Å². The van der Waals surface area contributed by atoms with Gasteiger partial charge in [-0.25, -0.2) is 9.13 Å². The summed E-state index contributed by atoms with van der Waals surface area (Å²) in [5.74, 6) is 0. The average Bonchev–Trinajstić information content (AvgIpc) is 2.84. The quantitative estimate of drug-likeness (QED) is 0.196. The predicted molar refractivity (Wildman–Crippen MR) is 149 cm³/mol. The van der Waals surface area contributed by atoms with Crippen LogP contribution in [0.3, 0.4) is 0 Å². The van der Waals surface area contributed by atoms with Crippen molar-refractivity contribution in [2.45, 2.75) is 130 Å². The standard InChI is InChI=1S/C21H38N.C9H14N.2ClH.H2O/c1-2-3-4-5-6-7-8-9-10-11-12-13-14-16-19-22-20-17-15-18-21-22;1-2-3-7-10-8-5-4-6-9-10;;;/h15,17-18,20-21H,2-14,16,19H2,1H3;4-6,8-9H,2-3,7H2,1H3;2*1H;1H2/q2*+1;;;/p-1. The number of aromatic nitrogens is 2. The van der Waals surface area contributed by atoms with Gasteiger partial charge in [-0.2, -0.15) is 0 Å². The Balaban J connectivity index is -0.000000670. The van der Waals surface area contributed by atoms with Crippen LogP contribution in [0.25, 0.3) is 0 Å². The van der Waals surface area contributed by atoms with E-state index in [4.69, 9.17) is 0 Å². The largest absolute Gasteiger partial charge is 1.00 e. The molecule has 0 aliphatic carbocycles. The van der Waals surface area contributed by atoms with Crippen LogP contribution in [0.15, 0.2) is 61.2 Å². The molecule has 0 saturated heterocycles. The number of halogens is 2. The van der Waals surface area contributed by atoms with Crippen LogP contribution >= 0.6 is 12.4 Å². The van der Waals surface area contributed by atoms with Crippen molar-refractivity contribution >= 4 is 12.4 Å². The van der Waals surface area contributed by atoms with Crippen molar-refractivity contribution in [2.24, 2.45) is 0 Å². The summed E-state index contributed by atoms with van der Waals surface area (Å²) in [7, 11) is 0. The van der Waals surface area contributed by atoms with Gasteiger partial charge in [-0.1, -0.05) is 109 Å². The molecule has 0 radical (unpaired) electrons.